The molecule has 1 amide bonds. The number of pyridine rings is 1. The Bertz CT molecular complexity index is 639. The lowest BCUT2D eigenvalue weighted by atomic mass is 10.0. The van der Waals surface area contributed by atoms with Crippen LogP contribution in [-0.4, -0.2) is 35.9 Å². The third-order valence-corrected chi connectivity index (χ3v) is 4.61. The predicted octanol–water partition coefficient (Wildman–Crippen LogP) is 3.12. The number of nitrogens with zero attached hydrogens (tertiary/aromatic N) is 2. The van der Waals surface area contributed by atoms with E-state index in [1.807, 2.05) is 41.8 Å². The number of carbonyl (C=O) groups excluding carboxylic acids is 1. The Kier molecular flexibility index (Phi) is 3.92. The number of rotatable bonds is 3. The zero-order valence-electron chi connectivity index (χ0n) is 12.3. The van der Waals surface area contributed by atoms with E-state index in [4.69, 9.17) is 0 Å². The summed E-state index contributed by atoms with van der Waals surface area (Å²) in [5, 5.41) is 7.03. The molecule has 1 N–H and O–H groups in total. The summed E-state index contributed by atoms with van der Waals surface area (Å²) in [5.41, 5.74) is 3.98. The highest BCUT2D eigenvalue weighted by molar-refractivity contribution is 7.08. The molecule has 3 heterocycles. The largest absolute Gasteiger partial charge is 0.388 e. The van der Waals surface area contributed by atoms with Crippen LogP contribution in [0.2, 0.25) is 0 Å². The highest BCUT2D eigenvalue weighted by Gasteiger charge is 2.29. The van der Waals surface area contributed by atoms with Crippen LogP contribution in [0, 0.1) is 6.92 Å². The SMILES string of the molecule is CNc1cc(C)nc([C@H]2CCN(C(=O)c3ccsc3)C2)c1. The maximum Gasteiger partial charge on any atom is 0.254 e. The highest BCUT2D eigenvalue weighted by atomic mass is 32.1. The van der Waals surface area contributed by atoms with E-state index in [1.165, 1.54) is 0 Å². The van der Waals surface area contributed by atoms with E-state index in [2.05, 4.69) is 16.4 Å². The molecule has 110 valence electrons. The van der Waals surface area contributed by atoms with Crippen LogP contribution in [0.25, 0.3) is 0 Å². The molecular formula is C16H19N3OS. The number of anilines is 1. The first-order valence-electron chi connectivity index (χ1n) is 7.15. The normalized spacial score (nSPS) is 18.0. The van der Waals surface area contributed by atoms with E-state index in [0.29, 0.717) is 5.92 Å². The number of amides is 1. The molecule has 0 radical (unpaired) electrons. The summed E-state index contributed by atoms with van der Waals surface area (Å²) >= 11 is 1.56. The molecular weight excluding hydrogens is 282 g/mol. The fraction of sp³-hybridized carbons (Fsp3) is 0.375. The van der Waals surface area contributed by atoms with E-state index in [1.54, 1.807) is 11.3 Å². The Morgan fingerprint density at radius 2 is 2.33 bits per heavy atom. The highest BCUT2D eigenvalue weighted by Crippen LogP contribution is 2.29. The molecule has 2 aromatic heterocycles. The summed E-state index contributed by atoms with van der Waals surface area (Å²) < 4.78 is 0. The maximum atomic E-state index is 12.4. The number of likely N-dealkylation sites (tertiary alicyclic amines) is 1. The van der Waals surface area contributed by atoms with Crippen LogP contribution < -0.4 is 5.32 Å². The second-order valence-corrected chi connectivity index (χ2v) is 6.20. The number of aryl methyl sites for hydroxylation is 1. The number of carbonyl (C=O) groups is 1. The monoisotopic (exact) mass is 301 g/mol. The topological polar surface area (TPSA) is 45.2 Å². The average Bonchev–Trinajstić information content (AvgIpc) is 3.17. The van der Waals surface area contributed by atoms with E-state index in [9.17, 15) is 4.79 Å². The van der Waals surface area contributed by atoms with Gasteiger partial charge in [-0.3, -0.25) is 9.78 Å². The molecule has 21 heavy (non-hydrogen) atoms. The Morgan fingerprint density at radius 1 is 1.48 bits per heavy atom. The van der Waals surface area contributed by atoms with Gasteiger partial charge in [0.2, 0.25) is 0 Å². The molecule has 1 aliphatic rings. The molecule has 2 aromatic rings. The number of aromatic nitrogens is 1. The summed E-state index contributed by atoms with van der Waals surface area (Å²) in [4.78, 5) is 19.0. The smallest absolute Gasteiger partial charge is 0.254 e. The summed E-state index contributed by atoms with van der Waals surface area (Å²) in [6.45, 7) is 3.58. The molecule has 4 nitrogen and oxygen atoms in total. The van der Waals surface area contributed by atoms with Crippen molar-refractivity contribution >= 4 is 22.9 Å². The van der Waals surface area contributed by atoms with Crippen molar-refractivity contribution < 1.29 is 4.79 Å². The first kappa shape index (κ1) is 14.1. The van der Waals surface area contributed by atoms with Gasteiger partial charge < -0.3 is 10.2 Å². The Labute approximate surface area is 128 Å². The van der Waals surface area contributed by atoms with E-state index >= 15 is 0 Å². The zero-order chi connectivity index (χ0) is 14.8. The fourth-order valence-electron chi connectivity index (χ4n) is 2.80. The lowest BCUT2D eigenvalue weighted by Gasteiger charge is -2.16. The van der Waals surface area contributed by atoms with Crippen LogP contribution in [0.4, 0.5) is 5.69 Å². The Balaban J connectivity index is 1.75. The van der Waals surface area contributed by atoms with Gasteiger partial charge in [-0.05, 0) is 36.9 Å². The first-order chi connectivity index (χ1) is 10.2. The van der Waals surface area contributed by atoms with Gasteiger partial charge in [-0.15, -0.1) is 0 Å². The molecule has 0 unspecified atom stereocenters. The lowest BCUT2D eigenvalue weighted by molar-refractivity contribution is 0.0791. The minimum Gasteiger partial charge on any atom is -0.388 e. The van der Waals surface area contributed by atoms with Crippen molar-refractivity contribution in [3.05, 3.63) is 45.9 Å². The molecule has 0 aliphatic carbocycles. The molecule has 0 spiro atoms. The molecule has 1 saturated heterocycles. The molecule has 0 saturated carbocycles. The van der Waals surface area contributed by atoms with Crippen LogP contribution in [0.15, 0.2) is 29.0 Å². The van der Waals surface area contributed by atoms with Crippen molar-refractivity contribution in [2.24, 2.45) is 0 Å². The fourth-order valence-corrected chi connectivity index (χ4v) is 3.43. The van der Waals surface area contributed by atoms with Gasteiger partial charge in [-0.25, -0.2) is 0 Å². The van der Waals surface area contributed by atoms with E-state index < -0.39 is 0 Å². The van der Waals surface area contributed by atoms with Crippen molar-refractivity contribution in [1.29, 1.82) is 0 Å². The Hall–Kier alpha value is -1.88. The van der Waals surface area contributed by atoms with E-state index in [0.717, 1.165) is 42.1 Å². The predicted molar refractivity (Wildman–Crippen MR) is 86.1 cm³/mol. The van der Waals surface area contributed by atoms with Gasteiger partial charge in [-0.2, -0.15) is 11.3 Å². The number of hydrogen-bond donors (Lipinski definition) is 1. The first-order valence-corrected chi connectivity index (χ1v) is 8.09. The van der Waals surface area contributed by atoms with Gasteiger partial charge >= 0.3 is 0 Å². The quantitative estimate of drug-likeness (QED) is 0.947. The molecule has 1 atom stereocenters. The average molecular weight is 301 g/mol. The molecule has 3 rings (SSSR count). The van der Waals surface area contributed by atoms with Gasteiger partial charge in [0, 0.05) is 48.5 Å². The summed E-state index contributed by atoms with van der Waals surface area (Å²) in [6, 6.07) is 6.02. The standard InChI is InChI=1S/C16H19N3OS/c1-11-7-14(17-2)8-15(18-11)12-3-5-19(9-12)16(20)13-4-6-21-10-13/h4,6-8,10,12H,3,5,9H2,1-2H3,(H,17,18)/t12-/m0/s1. The van der Waals surface area contributed by atoms with Crippen LogP contribution in [0.1, 0.15) is 34.1 Å². The van der Waals surface area contributed by atoms with Crippen molar-refractivity contribution in [3.63, 3.8) is 0 Å². The van der Waals surface area contributed by atoms with Crippen molar-refractivity contribution in [3.8, 4) is 0 Å². The van der Waals surface area contributed by atoms with Crippen molar-refractivity contribution in [2.45, 2.75) is 19.3 Å². The second-order valence-electron chi connectivity index (χ2n) is 5.42. The van der Waals surface area contributed by atoms with Gasteiger partial charge in [0.05, 0.1) is 5.56 Å². The number of nitrogens with one attached hydrogen (secondary N) is 1. The lowest BCUT2D eigenvalue weighted by Crippen LogP contribution is -2.28. The summed E-state index contributed by atoms with van der Waals surface area (Å²) in [5.74, 6) is 0.472. The van der Waals surface area contributed by atoms with Crippen LogP contribution >= 0.6 is 11.3 Å². The van der Waals surface area contributed by atoms with Crippen molar-refractivity contribution in [1.82, 2.24) is 9.88 Å². The zero-order valence-corrected chi connectivity index (χ0v) is 13.1. The van der Waals surface area contributed by atoms with Gasteiger partial charge in [0.25, 0.3) is 5.91 Å². The molecule has 5 heteroatoms. The third-order valence-electron chi connectivity index (χ3n) is 3.92. The van der Waals surface area contributed by atoms with E-state index in [-0.39, 0.29) is 5.91 Å². The molecule has 1 aliphatic heterocycles. The van der Waals surface area contributed by atoms with Crippen LogP contribution in [0.3, 0.4) is 0 Å². The summed E-state index contributed by atoms with van der Waals surface area (Å²) in [7, 11) is 1.92. The molecule has 0 bridgehead atoms. The Morgan fingerprint density at radius 3 is 3.05 bits per heavy atom. The van der Waals surface area contributed by atoms with Crippen molar-refractivity contribution in [2.75, 3.05) is 25.5 Å². The summed E-state index contributed by atoms with van der Waals surface area (Å²) in [6.07, 6.45) is 0.982. The number of hydrogen-bond acceptors (Lipinski definition) is 4. The third kappa shape index (κ3) is 2.93. The second kappa shape index (κ2) is 5.85. The maximum absolute atomic E-state index is 12.4. The van der Waals surface area contributed by atoms with Gasteiger partial charge in [-0.1, -0.05) is 0 Å². The molecule has 0 aromatic carbocycles. The minimum absolute atomic E-state index is 0.139. The molecule has 1 fully saturated rings. The van der Waals surface area contributed by atoms with Crippen LogP contribution in [-0.2, 0) is 0 Å². The van der Waals surface area contributed by atoms with Gasteiger partial charge in [0.15, 0.2) is 0 Å². The minimum atomic E-state index is 0.139. The number of thiophene rings is 1. The van der Waals surface area contributed by atoms with Crippen LogP contribution in [0.5, 0.6) is 0 Å². The van der Waals surface area contributed by atoms with Gasteiger partial charge in [0.1, 0.15) is 0 Å².